The fraction of sp³-hybridized carbons (Fsp3) is 0.429. The van der Waals surface area contributed by atoms with Gasteiger partial charge >= 0.3 is 5.97 Å². The summed E-state index contributed by atoms with van der Waals surface area (Å²) >= 11 is 1.41. The van der Waals surface area contributed by atoms with Crippen LogP contribution in [0.1, 0.15) is 17.6 Å². The van der Waals surface area contributed by atoms with E-state index in [0.717, 1.165) is 12.1 Å². The van der Waals surface area contributed by atoms with Crippen LogP contribution < -0.4 is 0 Å². The molecule has 0 atom stereocenters. The Hall–Kier alpha value is -0.900. The number of hydrogen-bond acceptors (Lipinski definition) is 3. The zero-order valence-electron chi connectivity index (χ0n) is 6.20. The van der Waals surface area contributed by atoms with E-state index in [1.54, 1.807) is 0 Å². The topological polar surface area (TPSA) is 50.2 Å². The molecular formula is C7H9NO2S. The van der Waals surface area contributed by atoms with Crippen molar-refractivity contribution >= 4 is 17.3 Å². The molecule has 0 aliphatic heterocycles. The van der Waals surface area contributed by atoms with E-state index in [1.807, 2.05) is 12.3 Å². The predicted molar refractivity (Wildman–Crippen MR) is 42.8 cm³/mol. The van der Waals surface area contributed by atoms with Gasteiger partial charge in [0, 0.05) is 5.38 Å². The summed E-state index contributed by atoms with van der Waals surface area (Å²) in [6.07, 6.45) is 0.917. The first-order valence-electron chi connectivity index (χ1n) is 3.37. The molecule has 0 radical (unpaired) electrons. The van der Waals surface area contributed by atoms with Gasteiger partial charge in [0.15, 0.2) is 0 Å². The standard InChI is InChI=1S/C7H9NO2S/c1-2-5-4-11-6(8-5)3-7(9)10/h4H,2-3H2,1H3,(H,9,10). The van der Waals surface area contributed by atoms with Crippen LogP contribution >= 0.6 is 11.3 Å². The van der Waals surface area contributed by atoms with Crippen molar-refractivity contribution in [2.45, 2.75) is 19.8 Å². The number of carboxylic acid groups (broad SMARTS) is 1. The SMILES string of the molecule is CCc1csc(CC(=O)O)n1. The first-order valence-corrected chi connectivity index (χ1v) is 4.25. The van der Waals surface area contributed by atoms with Crippen LogP contribution in [0.5, 0.6) is 0 Å². The number of aryl methyl sites for hydroxylation is 1. The summed E-state index contributed by atoms with van der Waals surface area (Å²) < 4.78 is 0. The average Bonchev–Trinajstić information content (AvgIpc) is 2.34. The van der Waals surface area contributed by atoms with Gasteiger partial charge in [0.05, 0.1) is 12.1 Å². The van der Waals surface area contributed by atoms with E-state index >= 15 is 0 Å². The van der Waals surface area contributed by atoms with E-state index in [-0.39, 0.29) is 6.42 Å². The molecule has 0 saturated heterocycles. The van der Waals surface area contributed by atoms with Crippen molar-refractivity contribution < 1.29 is 9.90 Å². The number of hydrogen-bond donors (Lipinski definition) is 1. The van der Waals surface area contributed by atoms with E-state index in [1.165, 1.54) is 11.3 Å². The van der Waals surface area contributed by atoms with Crippen molar-refractivity contribution in [3.05, 3.63) is 16.1 Å². The highest BCUT2D eigenvalue weighted by molar-refractivity contribution is 7.09. The molecule has 0 aromatic carbocycles. The molecule has 0 amide bonds. The molecule has 0 bridgehead atoms. The second kappa shape index (κ2) is 3.48. The first kappa shape index (κ1) is 8.20. The summed E-state index contributed by atoms with van der Waals surface area (Å²) in [7, 11) is 0. The molecule has 0 aliphatic rings. The van der Waals surface area contributed by atoms with Crippen LogP contribution in [0.2, 0.25) is 0 Å². The predicted octanol–water partition coefficient (Wildman–Crippen LogP) is 1.33. The van der Waals surface area contributed by atoms with Crippen LogP contribution in [-0.4, -0.2) is 16.1 Å². The van der Waals surface area contributed by atoms with E-state index in [0.29, 0.717) is 5.01 Å². The average molecular weight is 171 g/mol. The maximum absolute atomic E-state index is 10.2. The molecule has 0 fully saturated rings. The van der Waals surface area contributed by atoms with Crippen LogP contribution in [0.15, 0.2) is 5.38 Å². The lowest BCUT2D eigenvalue weighted by molar-refractivity contribution is -0.136. The fourth-order valence-electron chi connectivity index (χ4n) is 0.722. The van der Waals surface area contributed by atoms with Crippen LogP contribution in [0.3, 0.4) is 0 Å². The smallest absolute Gasteiger partial charge is 0.310 e. The second-order valence-electron chi connectivity index (χ2n) is 2.16. The van der Waals surface area contributed by atoms with E-state index < -0.39 is 5.97 Å². The van der Waals surface area contributed by atoms with Crippen LogP contribution in [0, 0.1) is 0 Å². The molecule has 1 heterocycles. The fourth-order valence-corrected chi connectivity index (χ4v) is 1.59. The Morgan fingerprint density at radius 1 is 1.82 bits per heavy atom. The monoisotopic (exact) mass is 171 g/mol. The van der Waals surface area contributed by atoms with E-state index in [2.05, 4.69) is 4.98 Å². The third kappa shape index (κ3) is 2.31. The minimum atomic E-state index is -0.818. The number of carbonyl (C=O) groups is 1. The summed E-state index contributed by atoms with van der Waals surface area (Å²) in [5, 5.41) is 11.0. The summed E-state index contributed by atoms with van der Waals surface area (Å²) in [4.78, 5) is 14.3. The van der Waals surface area contributed by atoms with Gasteiger partial charge in [-0.25, -0.2) is 4.98 Å². The zero-order chi connectivity index (χ0) is 8.27. The number of aliphatic carboxylic acids is 1. The Bertz CT molecular complexity index is 257. The van der Waals surface area contributed by atoms with Crippen LogP contribution in [0.25, 0.3) is 0 Å². The van der Waals surface area contributed by atoms with Crippen molar-refractivity contribution in [3.63, 3.8) is 0 Å². The summed E-state index contributed by atoms with van der Waals surface area (Å²) in [6, 6.07) is 0. The van der Waals surface area contributed by atoms with Gasteiger partial charge in [-0.05, 0) is 6.42 Å². The minimum absolute atomic E-state index is 0.0463. The summed E-state index contributed by atoms with van der Waals surface area (Å²) in [6.45, 7) is 2.00. The zero-order valence-corrected chi connectivity index (χ0v) is 7.02. The highest BCUT2D eigenvalue weighted by Gasteiger charge is 2.04. The molecule has 1 N–H and O–H groups in total. The third-order valence-electron chi connectivity index (χ3n) is 1.26. The van der Waals surface area contributed by atoms with Crippen molar-refractivity contribution in [2.75, 3.05) is 0 Å². The molecule has 0 spiro atoms. The first-order chi connectivity index (χ1) is 5.22. The lowest BCUT2D eigenvalue weighted by Gasteiger charge is -1.86. The van der Waals surface area contributed by atoms with Gasteiger partial charge in [0.2, 0.25) is 0 Å². The molecule has 0 saturated carbocycles. The molecule has 1 rings (SSSR count). The van der Waals surface area contributed by atoms with Crippen molar-refractivity contribution in [2.24, 2.45) is 0 Å². The maximum Gasteiger partial charge on any atom is 0.310 e. The molecular weight excluding hydrogens is 162 g/mol. The highest BCUT2D eigenvalue weighted by atomic mass is 32.1. The Balaban J connectivity index is 2.65. The van der Waals surface area contributed by atoms with Gasteiger partial charge in [0.25, 0.3) is 0 Å². The Labute approximate surface area is 68.7 Å². The minimum Gasteiger partial charge on any atom is -0.481 e. The van der Waals surface area contributed by atoms with Crippen LogP contribution in [-0.2, 0) is 17.6 Å². The van der Waals surface area contributed by atoms with Gasteiger partial charge in [-0.3, -0.25) is 4.79 Å². The third-order valence-corrected chi connectivity index (χ3v) is 2.16. The number of aromatic nitrogens is 1. The molecule has 3 nitrogen and oxygen atoms in total. The second-order valence-corrected chi connectivity index (χ2v) is 3.10. The van der Waals surface area contributed by atoms with Gasteiger partial charge in [-0.2, -0.15) is 0 Å². The quantitative estimate of drug-likeness (QED) is 0.746. The number of carboxylic acids is 1. The summed E-state index contributed by atoms with van der Waals surface area (Å²) in [5.74, 6) is -0.818. The normalized spacial score (nSPS) is 9.91. The van der Waals surface area contributed by atoms with Gasteiger partial charge in [-0.1, -0.05) is 6.92 Å². The lowest BCUT2D eigenvalue weighted by Crippen LogP contribution is -1.99. The molecule has 1 aromatic rings. The van der Waals surface area contributed by atoms with Crippen molar-refractivity contribution in [1.29, 1.82) is 0 Å². The molecule has 0 aliphatic carbocycles. The molecule has 11 heavy (non-hydrogen) atoms. The highest BCUT2D eigenvalue weighted by Crippen LogP contribution is 2.10. The Morgan fingerprint density at radius 3 is 3.00 bits per heavy atom. The van der Waals surface area contributed by atoms with Crippen LogP contribution in [0.4, 0.5) is 0 Å². The van der Waals surface area contributed by atoms with E-state index in [9.17, 15) is 4.79 Å². The van der Waals surface area contributed by atoms with Gasteiger partial charge in [0.1, 0.15) is 5.01 Å². The largest absolute Gasteiger partial charge is 0.481 e. The number of thiazole rings is 1. The van der Waals surface area contributed by atoms with Gasteiger partial charge < -0.3 is 5.11 Å². The summed E-state index contributed by atoms with van der Waals surface area (Å²) in [5.41, 5.74) is 0.978. The van der Waals surface area contributed by atoms with Crippen molar-refractivity contribution in [3.8, 4) is 0 Å². The van der Waals surface area contributed by atoms with Crippen molar-refractivity contribution in [1.82, 2.24) is 4.98 Å². The number of rotatable bonds is 3. The Morgan fingerprint density at radius 2 is 2.55 bits per heavy atom. The molecule has 1 aromatic heterocycles. The Kier molecular flexibility index (Phi) is 2.59. The lowest BCUT2D eigenvalue weighted by atomic mass is 10.4. The van der Waals surface area contributed by atoms with E-state index in [4.69, 9.17) is 5.11 Å². The molecule has 0 unspecified atom stereocenters. The molecule has 60 valence electrons. The van der Waals surface area contributed by atoms with Gasteiger partial charge in [-0.15, -0.1) is 11.3 Å². The maximum atomic E-state index is 10.2. The molecule has 4 heteroatoms. The number of nitrogens with zero attached hydrogens (tertiary/aromatic N) is 1.